The quantitative estimate of drug-likeness (QED) is 0.414. The molecule has 0 saturated heterocycles. The van der Waals surface area contributed by atoms with Crippen LogP contribution >= 0.6 is 11.6 Å². The molecule has 8 heteroatoms. The van der Waals surface area contributed by atoms with Crippen molar-refractivity contribution in [1.82, 2.24) is 9.80 Å². The van der Waals surface area contributed by atoms with Crippen molar-refractivity contribution < 1.29 is 24.5 Å². The SMILES string of the molecule is C=c1c(C)c(O)c(=C)c(C(C)(C)OC(=O)N(C)CC(C)(C)CN(C)C(=O)Cl)c1O. The number of benzene rings is 1. The number of nitrogens with zero attached hydrogens (tertiary/aromatic N) is 2. The molecule has 2 N–H and O–H groups in total. The highest BCUT2D eigenvalue weighted by Crippen LogP contribution is 2.30. The molecule has 0 radical (unpaired) electrons. The average Bonchev–Trinajstić information content (AvgIpc) is 2.56. The van der Waals surface area contributed by atoms with Gasteiger partial charge in [0.15, 0.2) is 0 Å². The maximum absolute atomic E-state index is 12.7. The lowest BCUT2D eigenvalue weighted by atomic mass is 9.91. The molecule has 1 aromatic carbocycles. The first-order valence-corrected chi connectivity index (χ1v) is 9.47. The van der Waals surface area contributed by atoms with Crippen molar-refractivity contribution in [2.24, 2.45) is 5.41 Å². The van der Waals surface area contributed by atoms with Gasteiger partial charge >= 0.3 is 11.5 Å². The number of halogens is 1. The maximum atomic E-state index is 12.7. The second-order valence-corrected chi connectivity index (χ2v) is 8.99. The Labute approximate surface area is 176 Å². The molecule has 7 nitrogen and oxygen atoms in total. The minimum absolute atomic E-state index is 0.102. The molecule has 0 aliphatic rings. The number of carbonyl (C=O) groups excluding carboxylic acids is 2. The Bertz CT molecular complexity index is 911. The minimum Gasteiger partial charge on any atom is -0.507 e. The number of rotatable bonds is 6. The summed E-state index contributed by atoms with van der Waals surface area (Å²) in [5.41, 5.74) is -1.12. The summed E-state index contributed by atoms with van der Waals surface area (Å²) in [6, 6.07) is 0. The number of aromatic hydroxyl groups is 2. The lowest BCUT2D eigenvalue weighted by molar-refractivity contribution is 0.00703. The van der Waals surface area contributed by atoms with Gasteiger partial charge in [0.05, 0.1) is 0 Å². The van der Waals surface area contributed by atoms with Crippen LogP contribution in [0, 0.1) is 12.3 Å². The molecular weight excluding hydrogens is 396 g/mol. The zero-order valence-electron chi connectivity index (χ0n) is 18.2. The van der Waals surface area contributed by atoms with Crippen LogP contribution in [0.3, 0.4) is 0 Å². The third-order valence-corrected chi connectivity index (χ3v) is 5.09. The molecule has 0 bridgehead atoms. The van der Waals surface area contributed by atoms with E-state index < -0.39 is 22.5 Å². The van der Waals surface area contributed by atoms with Crippen LogP contribution in [0.2, 0.25) is 0 Å². The van der Waals surface area contributed by atoms with Gasteiger partial charge in [0, 0.05) is 54.2 Å². The summed E-state index contributed by atoms with van der Waals surface area (Å²) in [7, 11) is 3.16. The first kappa shape index (κ1) is 24.6. The standard InChI is InChI=1S/C21H31ClN2O5/c1-12-13(2)17(26)15(14(3)16(12)25)21(6,7)29-19(28)24(9)11-20(4,5)10-23(8)18(22)27/h25-26H,2-3,10-11H2,1,4-9H3. The van der Waals surface area contributed by atoms with Crippen molar-refractivity contribution in [1.29, 1.82) is 0 Å². The van der Waals surface area contributed by atoms with Crippen molar-refractivity contribution in [3.8, 4) is 11.5 Å². The molecule has 0 spiro atoms. The molecule has 0 aliphatic heterocycles. The minimum atomic E-state index is -1.28. The van der Waals surface area contributed by atoms with E-state index in [0.717, 1.165) is 0 Å². The van der Waals surface area contributed by atoms with Crippen molar-refractivity contribution >= 4 is 36.2 Å². The van der Waals surface area contributed by atoms with E-state index in [1.54, 1.807) is 34.9 Å². The average molecular weight is 427 g/mol. The van der Waals surface area contributed by atoms with Crippen LogP contribution in [0.1, 0.15) is 38.8 Å². The zero-order valence-corrected chi connectivity index (χ0v) is 19.0. The molecule has 0 aromatic heterocycles. The maximum Gasteiger partial charge on any atom is 0.410 e. The second kappa shape index (κ2) is 8.53. The largest absolute Gasteiger partial charge is 0.507 e. The van der Waals surface area contributed by atoms with E-state index in [1.165, 1.54) is 9.80 Å². The number of phenolic OH excluding ortho intramolecular Hbond substituents is 2. The van der Waals surface area contributed by atoms with Gasteiger partial charge in [0.25, 0.3) is 0 Å². The van der Waals surface area contributed by atoms with Gasteiger partial charge in [-0.3, -0.25) is 4.79 Å². The Kier molecular flexibility index (Phi) is 7.24. The molecule has 2 amide bonds. The van der Waals surface area contributed by atoms with E-state index in [9.17, 15) is 19.8 Å². The van der Waals surface area contributed by atoms with Gasteiger partial charge in [-0.25, -0.2) is 4.79 Å². The predicted molar refractivity (Wildman–Crippen MR) is 115 cm³/mol. The lowest BCUT2D eigenvalue weighted by Crippen LogP contribution is -2.44. The number of amides is 2. The fraction of sp³-hybridized carbons (Fsp3) is 0.524. The smallest absolute Gasteiger partial charge is 0.410 e. The van der Waals surface area contributed by atoms with Gasteiger partial charge in [0.2, 0.25) is 0 Å². The van der Waals surface area contributed by atoms with E-state index in [1.807, 2.05) is 13.8 Å². The van der Waals surface area contributed by atoms with Crippen molar-refractivity contribution in [3.05, 3.63) is 21.6 Å². The molecule has 0 fully saturated rings. The van der Waals surface area contributed by atoms with E-state index in [2.05, 4.69) is 13.2 Å². The number of hydrogen-bond donors (Lipinski definition) is 2. The van der Waals surface area contributed by atoms with E-state index in [-0.39, 0.29) is 27.5 Å². The molecule has 1 aromatic rings. The molecule has 1 rings (SSSR count). The van der Waals surface area contributed by atoms with Gasteiger partial charge < -0.3 is 24.7 Å². The summed E-state index contributed by atoms with van der Waals surface area (Å²) >= 11 is 5.48. The van der Waals surface area contributed by atoms with Crippen LogP contribution in [-0.4, -0.2) is 58.7 Å². The second-order valence-electron chi connectivity index (χ2n) is 8.66. The van der Waals surface area contributed by atoms with Crippen LogP contribution in [0.5, 0.6) is 11.5 Å². The van der Waals surface area contributed by atoms with Crippen LogP contribution < -0.4 is 10.4 Å². The van der Waals surface area contributed by atoms with Crippen LogP contribution in [0.4, 0.5) is 9.59 Å². The normalized spacial score (nSPS) is 11.9. The fourth-order valence-electron chi connectivity index (χ4n) is 3.42. The molecule has 0 unspecified atom stereocenters. The van der Waals surface area contributed by atoms with Crippen LogP contribution in [0.25, 0.3) is 13.2 Å². The summed E-state index contributed by atoms with van der Waals surface area (Å²) in [6.07, 6.45) is -0.632. The Morgan fingerprint density at radius 2 is 1.48 bits per heavy atom. The summed E-state index contributed by atoms with van der Waals surface area (Å²) in [6.45, 7) is 16.8. The van der Waals surface area contributed by atoms with E-state index in [0.29, 0.717) is 18.7 Å². The lowest BCUT2D eigenvalue weighted by Gasteiger charge is -2.35. The van der Waals surface area contributed by atoms with Crippen molar-refractivity contribution in [3.63, 3.8) is 0 Å². The van der Waals surface area contributed by atoms with E-state index >= 15 is 0 Å². The van der Waals surface area contributed by atoms with Gasteiger partial charge in [-0.2, -0.15) is 0 Å². The van der Waals surface area contributed by atoms with Gasteiger partial charge in [-0.15, -0.1) is 0 Å². The van der Waals surface area contributed by atoms with Crippen LogP contribution in [-0.2, 0) is 10.3 Å². The zero-order chi connectivity index (χ0) is 22.9. The molecule has 0 heterocycles. The van der Waals surface area contributed by atoms with Crippen molar-refractivity contribution in [2.75, 3.05) is 27.2 Å². The first-order chi connectivity index (χ1) is 13.0. The summed E-state index contributed by atoms with van der Waals surface area (Å²) in [5.74, 6) is -0.275. The Balaban J connectivity index is 3.09. The first-order valence-electron chi connectivity index (χ1n) is 9.09. The summed E-state index contributed by atoms with van der Waals surface area (Å²) in [4.78, 5) is 26.7. The number of hydrogen-bond acceptors (Lipinski definition) is 5. The van der Waals surface area contributed by atoms with E-state index in [4.69, 9.17) is 16.3 Å². The van der Waals surface area contributed by atoms with Gasteiger partial charge in [-0.1, -0.05) is 27.0 Å². The number of phenols is 2. The van der Waals surface area contributed by atoms with Crippen molar-refractivity contribution in [2.45, 2.75) is 40.2 Å². The molecule has 0 atom stereocenters. The Hall–Kier alpha value is -2.41. The monoisotopic (exact) mass is 426 g/mol. The van der Waals surface area contributed by atoms with Gasteiger partial charge in [-0.05, 0) is 32.4 Å². The molecule has 0 aliphatic carbocycles. The Morgan fingerprint density at radius 3 is 1.97 bits per heavy atom. The molecule has 29 heavy (non-hydrogen) atoms. The Morgan fingerprint density at radius 1 is 1.00 bits per heavy atom. The topological polar surface area (TPSA) is 90.3 Å². The summed E-state index contributed by atoms with van der Waals surface area (Å²) < 4.78 is 5.64. The van der Waals surface area contributed by atoms with Gasteiger partial charge in [0.1, 0.15) is 17.1 Å². The van der Waals surface area contributed by atoms with Crippen LogP contribution in [0.15, 0.2) is 0 Å². The predicted octanol–water partition coefficient (Wildman–Crippen LogP) is 2.85. The number of ether oxygens (including phenoxy) is 1. The molecular formula is C21H31ClN2O5. The summed E-state index contributed by atoms with van der Waals surface area (Å²) in [5, 5.41) is 20.7. The molecule has 162 valence electrons. The molecule has 0 saturated carbocycles. The highest BCUT2D eigenvalue weighted by Gasteiger charge is 2.34. The third kappa shape index (κ3) is 5.56. The third-order valence-electron chi connectivity index (χ3n) is 4.80. The fourth-order valence-corrected chi connectivity index (χ4v) is 3.48. The highest BCUT2D eigenvalue weighted by atomic mass is 35.5. The number of carbonyl (C=O) groups is 2. The highest BCUT2D eigenvalue weighted by molar-refractivity contribution is 6.62.